The number of hydrogen-bond acceptors (Lipinski definition) is 5. The number of sulfonamides is 1. The average Bonchev–Trinajstić information content (AvgIpc) is 2.30. The standard InChI is InChI=1S/C11H18N4O3S/c1-2-14-11(16)5-6-15-10-7-8(19(13,17)18)3-4-9(10)12/h3-4,7,15H,2,5-6,12H2,1H3,(H,14,16)(H2,13,17,18). The van der Waals surface area contributed by atoms with Gasteiger partial charge in [-0.2, -0.15) is 0 Å². The smallest absolute Gasteiger partial charge is 0.238 e. The molecular weight excluding hydrogens is 268 g/mol. The molecule has 1 amide bonds. The molecule has 0 aliphatic carbocycles. The highest BCUT2D eigenvalue weighted by atomic mass is 32.2. The number of benzene rings is 1. The maximum atomic E-state index is 11.2. The molecule has 0 saturated carbocycles. The molecule has 0 radical (unpaired) electrons. The average molecular weight is 286 g/mol. The lowest BCUT2D eigenvalue weighted by Gasteiger charge is -2.10. The van der Waals surface area contributed by atoms with Crippen molar-refractivity contribution in [3.8, 4) is 0 Å². The molecule has 106 valence electrons. The van der Waals surface area contributed by atoms with Gasteiger partial charge in [0.05, 0.1) is 16.3 Å². The lowest BCUT2D eigenvalue weighted by molar-refractivity contribution is -0.120. The summed E-state index contributed by atoms with van der Waals surface area (Å²) in [5.41, 5.74) is 6.54. The van der Waals surface area contributed by atoms with Crippen LogP contribution >= 0.6 is 0 Å². The van der Waals surface area contributed by atoms with Crippen LogP contribution in [0.2, 0.25) is 0 Å². The summed E-state index contributed by atoms with van der Waals surface area (Å²) in [6.07, 6.45) is 0.271. The molecule has 0 heterocycles. The minimum atomic E-state index is -3.77. The van der Waals surface area contributed by atoms with Crippen LogP contribution in [-0.4, -0.2) is 27.4 Å². The second-order valence-electron chi connectivity index (χ2n) is 3.92. The number of anilines is 2. The Bertz CT molecular complexity index is 557. The van der Waals surface area contributed by atoms with Crippen LogP contribution in [0.1, 0.15) is 13.3 Å². The summed E-state index contributed by atoms with van der Waals surface area (Å²) in [6.45, 7) is 2.75. The first-order valence-electron chi connectivity index (χ1n) is 5.77. The third-order valence-corrected chi connectivity index (χ3v) is 3.31. The number of primary sulfonamides is 1. The highest BCUT2D eigenvalue weighted by Gasteiger charge is 2.10. The van der Waals surface area contributed by atoms with Crippen molar-refractivity contribution in [3.63, 3.8) is 0 Å². The van der Waals surface area contributed by atoms with Gasteiger partial charge in [-0.15, -0.1) is 0 Å². The molecule has 7 nitrogen and oxygen atoms in total. The van der Waals surface area contributed by atoms with Crippen molar-refractivity contribution in [1.29, 1.82) is 0 Å². The zero-order chi connectivity index (χ0) is 14.5. The van der Waals surface area contributed by atoms with E-state index >= 15 is 0 Å². The van der Waals surface area contributed by atoms with Crippen molar-refractivity contribution in [2.45, 2.75) is 18.2 Å². The van der Waals surface area contributed by atoms with E-state index in [2.05, 4.69) is 10.6 Å². The van der Waals surface area contributed by atoms with Gasteiger partial charge in [-0.3, -0.25) is 4.79 Å². The maximum absolute atomic E-state index is 11.2. The minimum Gasteiger partial charge on any atom is -0.397 e. The van der Waals surface area contributed by atoms with Gasteiger partial charge in [0.25, 0.3) is 0 Å². The number of carbonyl (C=O) groups excluding carboxylic acids is 1. The molecule has 0 unspecified atom stereocenters. The first-order chi connectivity index (χ1) is 8.84. The summed E-state index contributed by atoms with van der Waals surface area (Å²) in [5.74, 6) is -0.0869. The van der Waals surface area contributed by atoms with Crippen molar-refractivity contribution in [2.24, 2.45) is 5.14 Å². The Hall–Kier alpha value is -1.80. The number of nitrogen functional groups attached to an aromatic ring is 1. The van der Waals surface area contributed by atoms with Gasteiger partial charge in [-0.25, -0.2) is 13.6 Å². The van der Waals surface area contributed by atoms with Crippen LogP contribution in [0.5, 0.6) is 0 Å². The number of carbonyl (C=O) groups is 1. The van der Waals surface area contributed by atoms with E-state index in [0.717, 1.165) is 0 Å². The van der Waals surface area contributed by atoms with Crippen LogP contribution < -0.4 is 21.5 Å². The van der Waals surface area contributed by atoms with E-state index in [1.54, 1.807) is 0 Å². The molecule has 1 aromatic carbocycles. The topological polar surface area (TPSA) is 127 Å². The number of nitrogens with two attached hydrogens (primary N) is 2. The predicted octanol–water partition coefficient (Wildman–Crippen LogP) is -0.146. The summed E-state index contributed by atoms with van der Waals surface area (Å²) in [5, 5.41) is 10.6. The first kappa shape index (κ1) is 15.3. The van der Waals surface area contributed by atoms with Gasteiger partial charge in [0.1, 0.15) is 0 Å². The Morgan fingerprint density at radius 1 is 1.37 bits per heavy atom. The number of nitrogens with one attached hydrogen (secondary N) is 2. The largest absolute Gasteiger partial charge is 0.397 e. The molecule has 0 atom stereocenters. The molecule has 1 aromatic rings. The van der Waals surface area contributed by atoms with Crippen molar-refractivity contribution < 1.29 is 13.2 Å². The second-order valence-corrected chi connectivity index (χ2v) is 5.49. The molecule has 6 N–H and O–H groups in total. The van der Waals surface area contributed by atoms with Crippen molar-refractivity contribution in [1.82, 2.24) is 5.32 Å². The summed E-state index contributed by atoms with van der Waals surface area (Å²) < 4.78 is 22.4. The highest BCUT2D eigenvalue weighted by molar-refractivity contribution is 7.89. The van der Waals surface area contributed by atoms with E-state index in [9.17, 15) is 13.2 Å². The molecule has 8 heteroatoms. The monoisotopic (exact) mass is 286 g/mol. The lowest BCUT2D eigenvalue weighted by Crippen LogP contribution is -2.24. The zero-order valence-corrected chi connectivity index (χ0v) is 11.5. The quantitative estimate of drug-likeness (QED) is 0.541. The van der Waals surface area contributed by atoms with E-state index in [0.29, 0.717) is 24.5 Å². The second kappa shape index (κ2) is 6.39. The third-order valence-electron chi connectivity index (χ3n) is 2.39. The number of rotatable bonds is 6. The fraction of sp³-hybridized carbons (Fsp3) is 0.364. The molecular formula is C11H18N4O3S. The highest BCUT2D eigenvalue weighted by Crippen LogP contribution is 2.21. The Balaban J connectivity index is 2.70. The van der Waals surface area contributed by atoms with E-state index in [4.69, 9.17) is 10.9 Å². The maximum Gasteiger partial charge on any atom is 0.238 e. The van der Waals surface area contributed by atoms with Gasteiger partial charge in [-0.05, 0) is 25.1 Å². The van der Waals surface area contributed by atoms with Crippen LogP contribution in [0.15, 0.2) is 23.1 Å². The summed E-state index contributed by atoms with van der Waals surface area (Å²) >= 11 is 0. The SMILES string of the molecule is CCNC(=O)CCNc1cc(S(N)(=O)=O)ccc1N. The summed E-state index contributed by atoms with van der Waals surface area (Å²) in [4.78, 5) is 11.2. The van der Waals surface area contributed by atoms with Gasteiger partial charge >= 0.3 is 0 Å². The van der Waals surface area contributed by atoms with Crippen molar-refractivity contribution >= 4 is 27.3 Å². The van der Waals surface area contributed by atoms with Crippen molar-refractivity contribution in [3.05, 3.63) is 18.2 Å². The molecule has 0 aliphatic heterocycles. The molecule has 1 rings (SSSR count). The van der Waals surface area contributed by atoms with E-state index in [1.807, 2.05) is 6.92 Å². The molecule has 0 aliphatic rings. The molecule has 0 fully saturated rings. The van der Waals surface area contributed by atoms with Gasteiger partial charge in [-0.1, -0.05) is 0 Å². The normalized spacial score (nSPS) is 11.1. The fourth-order valence-corrected chi connectivity index (χ4v) is 2.00. The molecule has 0 spiro atoms. The fourth-order valence-electron chi connectivity index (χ4n) is 1.46. The van der Waals surface area contributed by atoms with Crippen LogP contribution in [0, 0.1) is 0 Å². The Kier molecular flexibility index (Phi) is 5.13. The Labute approximate surface area is 112 Å². The lowest BCUT2D eigenvalue weighted by atomic mass is 10.2. The van der Waals surface area contributed by atoms with Gasteiger partial charge in [0.15, 0.2) is 0 Å². The molecule has 0 saturated heterocycles. The van der Waals surface area contributed by atoms with Crippen LogP contribution in [0.3, 0.4) is 0 Å². The Morgan fingerprint density at radius 3 is 2.63 bits per heavy atom. The van der Waals surface area contributed by atoms with E-state index in [-0.39, 0.29) is 17.2 Å². The number of hydrogen-bond donors (Lipinski definition) is 4. The van der Waals surface area contributed by atoms with Gasteiger partial charge in [0, 0.05) is 19.5 Å². The Morgan fingerprint density at radius 2 is 2.05 bits per heavy atom. The summed E-state index contributed by atoms with van der Waals surface area (Å²) in [6, 6.07) is 4.14. The minimum absolute atomic E-state index is 0.0257. The van der Waals surface area contributed by atoms with Crippen LogP contribution in [-0.2, 0) is 14.8 Å². The zero-order valence-electron chi connectivity index (χ0n) is 10.6. The van der Waals surface area contributed by atoms with Gasteiger partial charge < -0.3 is 16.4 Å². The summed E-state index contributed by atoms with van der Waals surface area (Å²) in [7, 11) is -3.77. The third kappa shape index (κ3) is 4.76. The van der Waals surface area contributed by atoms with Crippen LogP contribution in [0.25, 0.3) is 0 Å². The van der Waals surface area contributed by atoms with Gasteiger partial charge in [0.2, 0.25) is 15.9 Å². The van der Waals surface area contributed by atoms with E-state index in [1.165, 1.54) is 18.2 Å². The van der Waals surface area contributed by atoms with E-state index < -0.39 is 10.0 Å². The number of amides is 1. The van der Waals surface area contributed by atoms with Crippen LogP contribution in [0.4, 0.5) is 11.4 Å². The van der Waals surface area contributed by atoms with Crippen molar-refractivity contribution in [2.75, 3.05) is 24.1 Å². The molecule has 19 heavy (non-hydrogen) atoms. The molecule has 0 aromatic heterocycles. The predicted molar refractivity (Wildman–Crippen MR) is 74.0 cm³/mol. The molecule has 0 bridgehead atoms. The first-order valence-corrected chi connectivity index (χ1v) is 7.32.